The molecule has 0 unspecified atom stereocenters. The summed E-state index contributed by atoms with van der Waals surface area (Å²) in [5.41, 5.74) is 12.4. The average Bonchev–Trinajstić information content (AvgIpc) is 3.18. The Labute approximate surface area is 174 Å². The minimum Gasteiger partial charge on any atom is -0.465 e. The molecular weight excluding hydrogens is 406 g/mol. The Morgan fingerprint density at radius 3 is 2.40 bits per heavy atom. The van der Waals surface area contributed by atoms with Crippen LogP contribution in [0.25, 0.3) is 11.0 Å². The highest BCUT2D eigenvalue weighted by molar-refractivity contribution is 7.90. The van der Waals surface area contributed by atoms with Crippen molar-refractivity contribution in [1.82, 2.24) is 14.3 Å². The molecule has 0 bridgehead atoms. The number of anilines is 2. The Morgan fingerprint density at radius 1 is 1.10 bits per heavy atom. The summed E-state index contributed by atoms with van der Waals surface area (Å²) < 4.78 is 26.2. The summed E-state index contributed by atoms with van der Waals surface area (Å²) in [5.74, 6) is 0. The molecule has 4 rings (SSSR count). The molecule has 3 aromatic rings. The van der Waals surface area contributed by atoms with Gasteiger partial charge in [-0.3, -0.25) is 0 Å². The number of aromatic nitrogens is 2. The zero-order chi connectivity index (χ0) is 21.7. The fourth-order valence-electron chi connectivity index (χ4n) is 3.42. The highest BCUT2D eigenvalue weighted by Crippen LogP contribution is 2.27. The van der Waals surface area contributed by atoms with Crippen molar-refractivity contribution in [3.8, 4) is 0 Å². The lowest BCUT2D eigenvalue weighted by molar-refractivity contribution is 0.186. The largest absolute Gasteiger partial charge is 0.465 e. The Morgan fingerprint density at radius 2 is 1.77 bits per heavy atom. The van der Waals surface area contributed by atoms with E-state index in [-0.39, 0.29) is 16.6 Å². The Kier molecular flexibility index (Phi) is 6.46. The van der Waals surface area contributed by atoms with Crippen molar-refractivity contribution in [2.24, 2.45) is 0 Å². The zero-order valence-corrected chi connectivity index (χ0v) is 17.2. The van der Waals surface area contributed by atoms with Crippen LogP contribution in [0.3, 0.4) is 0 Å². The number of nitrogens with two attached hydrogens (primary N) is 2. The van der Waals surface area contributed by atoms with Crippen molar-refractivity contribution >= 4 is 38.5 Å². The summed E-state index contributed by atoms with van der Waals surface area (Å²) in [6.07, 6.45) is 7.54. The molecular formula is C20H25N5O4S. The second kappa shape index (κ2) is 9.04. The number of carbonyl (C=O) groups is 1. The predicted molar refractivity (Wildman–Crippen MR) is 116 cm³/mol. The van der Waals surface area contributed by atoms with Crippen LogP contribution in [0.2, 0.25) is 0 Å². The normalized spacial score (nSPS) is 14.7. The lowest BCUT2D eigenvalue weighted by Gasteiger charge is -2.20. The highest BCUT2D eigenvalue weighted by atomic mass is 32.2. The van der Waals surface area contributed by atoms with Gasteiger partial charge >= 0.3 is 6.09 Å². The number of carboxylic acid groups (broad SMARTS) is 1. The molecule has 1 aliphatic rings. The molecule has 6 N–H and O–H groups in total. The molecule has 1 aromatic carbocycles. The van der Waals surface area contributed by atoms with Crippen LogP contribution in [0.5, 0.6) is 0 Å². The molecule has 1 saturated carbocycles. The molecule has 2 heterocycles. The van der Waals surface area contributed by atoms with Crippen molar-refractivity contribution in [3.63, 3.8) is 0 Å². The van der Waals surface area contributed by atoms with Crippen LogP contribution in [0.15, 0.2) is 53.7 Å². The summed E-state index contributed by atoms with van der Waals surface area (Å²) in [5, 5.41) is 11.4. The lowest BCUT2D eigenvalue weighted by atomic mass is 9.96. The number of nitrogen functional groups attached to an aromatic ring is 2. The van der Waals surface area contributed by atoms with Crippen molar-refractivity contribution in [3.05, 3.63) is 48.8 Å². The number of pyridine rings is 1. The number of nitrogens with zero attached hydrogens (tertiary/aromatic N) is 2. The third kappa shape index (κ3) is 4.65. The lowest BCUT2D eigenvalue weighted by Crippen LogP contribution is -2.34. The van der Waals surface area contributed by atoms with Gasteiger partial charge in [-0.15, -0.1) is 0 Å². The summed E-state index contributed by atoms with van der Waals surface area (Å²) in [4.78, 5) is 14.4. The van der Waals surface area contributed by atoms with Crippen molar-refractivity contribution in [2.75, 3.05) is 11.5 Å². The number of rotatable bonds is 3. The third-order valence-corrected chi connectivity index (χ3v) is 6.67. The number of nitrogens with one attached hydrogen (secondary N) is 1. The van der Waals surface area contributed by atoms with Crippen LogP contribution in [-0.4, -0.2) is 34.6 Å². The van der Waals surface area contributed by atoms with Gasteiger partial charge in [0.1, 0.15) is 0 Å². The van der Waals surface area contributed by atoms with Gasteiger partial charge in [0.05, 0.1) is 22.5 Å². The molecule has 0 saturated heterocycles. The first-order valence-electron chi connectivity index (χ1n) is 9.62. The molecule has 0 radical (unpaired) electrons. The summed E-state index contributed by atoms with van der Waals surface area (Å²) in [6.45, 7) is 0. The van der Waals surface area contributed by atoms with E-state index in [1.807, 2.05) is 0 Å². The van der Waals surface area contributed by atoms with Crippen molar-refractivity contribution < 1.29 is 18.3 Å². The second-order valence-electron chi connectivity index (χ2n) is 7.08. The van der Waals surface area contributed by atoms with Gasteiger partial charge in [0.15, 0.2) is 5.65 Å². The van der Waals surface area contributed by atoms with E-state index >= 15 is 0 Å². The first kappa shape index (κ1) is 21.4. The summed E-state index contributed by atoms with van der Waals surface area (Å²) in [6, 6.07) is 9.96. The monoisotopic (exact) mass is 431 g/mol. The van der Waals surface area contributed by atoms with Crippen molar-refractivity contribution in [2.45, 2.75) is 43.0 Å². The smallest absolute Gasteiger partial charge is 0.404 e. The van der Waals surface area contributed by atoms with Crippen LogP contribution in [0.4, 0.5) is 16.2 Å². The van der Waals surface area contributed by atoms with E-state index in [9.17, 15) is 13.2 Å². The molecule has 1 fully saturated rings. The first-order valence-corrected chi connectivity index (χ1v) is 11.1. The number of hydrogen-bond donors (Lipinski definition) is 4. The van der Waals surface area contributed by atoms with Crippen LogP contribution in [0, 0.1) is 0 Å². The first-order chi connectivity index (χ1) is 14.3. The maximum atomic E-state index is 12.6. The van der Waals surface area contributed by atoms with Gasteiger partial charge in [-0.1, -0.05) is 37.5 Å². The maximum Gasteiger partial charge on any atom is 0.404 e. The standard InChI is InChI=1S/C13H12N4O2S.C7H13NO2/c14-11-8-16-13-10(12(11)15)6-7-17(13)20(18,19)9-4-2-1-3-5-9;9-7(10)8-6-4-2-1-3-5-6/h1-8H,14H2,(H2,15,16);6,8H,1-5H2,(H,9,10). The molecule has 0 spiro atoms. The highest BCUT2D eigenvalue weighted by Gasteiger charge is 2.20. The van der Waals surface area contributed by atoms with Gasteiger partial charge in [-0.05, 0) is 31.0 Å². The van der Waals surface area contributed by atoms with Gasteiger partial charge in [-0.2, -0.15) is 0 Å². The fourth-order valence-corrected chi connectivity index (χ4v) is 4.74. The molecule has 30 heavy (non-hydrogen) atoms. The second-order valence-corrected chi connectivity index (χ2v) is 8.89. The molecule has 2 aromatic heterocycles. The van der Waals surface area contributed by atoms with E-state index in [0.717, 1.165) is 16.8 Å². The number of hydrogen-bond acceptors (Lipinski definition) is 6. The maximum absolute atomic E-state index is 12.6. The van der Waals surface area contributed by atoms with Crippen LogP contribution >= 0.6 is 0 Å². The van der Waals surface area contributed by atoms with Gasteiger partial charge < -0.3 is 21.9 Å². The SMILES string of the molecule is Nc1cnc2c(ccn2S(=O)(=O)c2ccccc2)c1N.O=C(O)NC1CCCCC1. The van der Waals surface area contributed by atoms with E-state index in [0.29, 0.717) is 16.8 Å². The van der Waals surface area contributed by atoms with Gasteiger partial charge in [0, 0.05) is 17.6 Å². The topological polar surface area (TPSA) is 153 Å². The fraction of sp³-hybridized carbons (Fsp3) is 0.300. The number of fused-ring (bicyclic) bond motifs is 1. The van der Waals surface area contributed by atoms with E-state index in [2.05, 4.69) is 10.3 Å². The Bertz CT molecular complexity index is 1120. The van der Waals surface area contributed by atoms with E-state index < -0.39 is 16.1 Å². The molecule has 10 heteroatoms. The summed E-state index contributed by atoms with van der Waals surface area (Å²) in [7, 11) is -3.69. The average molecular weight is 432 g/mol. The van der Waals surface area contributed by atoms with Crippen LogP contribution in [-0.2, 0) is 10.0 Å². The Balaban J connectivity index is 0.000000216. The number of amides is 1. The van der Waals surface area contributed by atoms with Gasteiger partial charge in [0.25, 0.3) is 10.0 Å². The van der Waals surface area contributed by atoms with Crippen LogP contribution < -0.4 is 16.8 Å². The third-order valence-electron chi connectivity index (χ3n) is 4.99. The molecule has 1 amide bonds. The minimum atomic E-state index is -3.69. The quantitative estimate of drug-likeness (QED) is 0.497. The minimum absolute atomic E-state index is 0.190. The molecule has 0 atom stereocenters. The van der Waals surface area contributed by atoms with Gasteiger partial charge in [-0.25, -0.2) is 22.2 Å². The molecule has 160 valence electrons. The van der Waals surface area contributed by atoms with Crippen LogP contribution in [0.1, 0.15) is 32.1 Å². The van der Waals surface area contributed by atoms with Crippen molar-refractivity contribution in [1.29, 1.82) is 0 Å². The number of benzene rings is 1. The summed E-state index contributed by atoms with van der Waals surface area (Å²) >= 11 is 0. The molecule has 1 aliphatic carbocycles. The molecule has 9 nitrogen and oxygen atoms in total. The molecule has 0 aliphatic heterocycles. The van der Waals surface area contributed by atoms with E-state index in [1.165, 1.54) is 43.8 Å². The predicted octanol–water partition coefficient (Wildman–Crippen LogP) is 3.02. The van der Waals surface area contributed by atoms with E-state index in [4.69, 9.17) is 16.6 Å². The Hall–Kier alpha value is -3.27. The van der Waals surface area contributed by atoms with E-state index in [1.54, 1.807) is 24.3 Å². The van der Waals surface area contributed by atoms with Gasteiger partial charge in [0.2, 0.25) is 0 Å². The zero-order valence-electron chi connectivity index (χ0n) is 16.4.